The number of nitrogens with zero attached hydrogens (tertiary/aromatic N) is 2. The molecule has 2 aliphatic heterocycles. The van der Waals surface area contributed by atoms with Gasteiger partial charge in [-0.1, -0.05) is 12.1 Å². The van der Waals surface area contributed by atoms with Gasteiger partial charge in [0, 0.05) is 43.1 Å². The van der Waals surface area contributed by atoms with Crippen LogP contribution >= 0.6 is 0 Å². The fourth-order valence-electron chi connectivity index (χ4n) is 4.98. The third-order valence-corrected chi connectivity index (χ3v) is 7.11. The van der Waals surface area contributed by atoms with E-state index < -0.39 is 5.82 Å². The topological polar surface area (TPSA) is 80.5 Å². The molecular formula is C29H31F2N5O2. The van der Waals surface area contributed by atoms with Gasteiger partial charge in [-0.25, -0.2) is 8.78 Å². The predicted octanol–water partition coefficient (Wildman–Crippen LogP) is 4.66. The Morgan fingerprint density at radius 3 is 2.63 bits per heavy atom. The van der Waals surface area contributed by atoms with Crippen molar-refractivity contribution in [1.29, 1.82) is 0 Å². The number of carbonyl (C=O) groups is 2. The first-order valence-corrected chi connectivity index (χ1v) is 12.7. The fourth-order valence-corrected chi connectivity index (χ4v) is 4.98. The largest absolute Gasteiger partial charge is 0.379 e. The molecule has 0 bridgehead atoms. The highest BCUT2D eigenvalue weighted by atomic mass is 19.1. The summed E-state index contributed by atoms with van der Waals surface area (Å²) >= 11 is 0. The van der Waals surface area contributed by atoms with Gasteiger partial charge in [0.2, 0.25) is 0 Å². The molecule has 0 aliphatic carbocycles. The average Bonchev–Trinajstić information content (AvgIpc) is 3.29. The number of fused-ring (bicyclic) bond motifs is 2. The number of halogens is 2. The lowest BCUT2D eigenvalue weighted by atomic mass is 10.0. The number of likely N-dealkylation sites (N-methyl/N-ethyl adjacent to an activating group) is 1. The number of hydrogen-bond donors (Lipinski definition) is 3. The van der Waals surface area contributed by atoms with Crippen molar-refractivity contribution in [2.24, 2.45) is 0 Å². The van der Waals surface area contributed by atoms with Gasteiger partial charge in [-0.15, -0.1) is 0 Å². The maximum absolute atomic E-state index is 15.0. The minimum absolute atomic E-state index is 0.00283. The Hall–Kier alpha value is -3.98. The van der Waals surface area contributed by atoms with Crippen LogP contribution in [-0.4, -0.2) is 60.3 Å². The minimum Gasteiger partial charge on any atom is -0.379 e. The van der Waals surface area contributed by atoms with Crippen LogP contribution in [0, 0.1) is 18.6 Å². The number of H-pyrrole nitrogens is 1. The van der Waals surface area contributed by atoms with Gasteiger partial charge in [0.1, 0.15) is 11.6 Å². The molecule has 3 N–H and O–H groups in total. The summed E-state index contributed by atoms with van der Waals surface area (Å²) in [6.45, 7) is 4.33. The van der Waals surface area contributed by atoms with Crippen molar-refractivity contribution in [2.75, 3.05) is 44.4 Å². The van der Waals surface area contributed by atoms with E-state index in [2.05, 4.69) is 20.5 Å². The fraction of sp³-hybridized carbons (Fsp3) is 0.310. The molecule has 3 heterocycles. The number of aromatic nitrogens is 1. The van der Waals surface area contributed by atoms with Crippen LogP contribution in [0.25, 0.3) is 11.6 Å². The molecule has 2 amide bonds. The van der Waals surface area contributed by atoms with E-state index in [9.17, 15) is 14.0 Å². The third kappa shape index (κ3) is 5.06. The first-order valence-electron chi connectivity index (χ1n) is 12.7. The van der Waals surface area contributed by atoms with E-state index in [0.717, 1.165) is 36.2 Å². The van der Waals surface area contributed by atoms with E-state index in [-0.39, 0.29) is 23.3 Å². The second kappa shape index (κ2) is 10.4. The number of benzene rings is 2. The monoisotopic (exact) mass is 519 g/mol. The zero-order valence-electron chi connectivity index (χ0n) is 21.8. The molecule has 2 aliphatic rings. The van der Waals surface area contributed by atoms with Crippen molar-refractivity contribution in [2.45, 2.75) is 26.3 Å². The van der Waals surface area contributed by atoms with E-state index in [1.54, 1.807) is 24.3 Å². The van der Waals surface area contributed by atoms with Gasteiger partial charge >= 0.3 is 0 Å². The molecule has 0 fully saturated rings. The molecule has 198 valence electrons. The number of nitrogens with one attached hydrogen (secondary N) is 3. The lowest BCUT2D eigenvalue weighted by molar-refractivity contribution is -0.110. The standard InChI is InChI=1S/C29H31F2N5O2/c1-17-24(33-23-5-4-10-36(12-11-35(2)3)29(38)27(17)23)14-21-20-13-22(31)26(15-25(20)34-28(21)37)32-16-18-6-8-19(30)9-7-18/h6-9,13-15,32-33H,4-5,10-12,16H2,1-3H3,(H,34,37). The van der Waals surface area contributed by atoms with Gasteiger partial charge < -0.3 is 25.4 Å². The van der Waals surface area contributed by atoms with E-state index in [4.69, 9.17) is 0 Å². The summed E-state index contributed by atoms with van der Waals surface area (Å²) in [5.41, 5.74) is 5.33. The van der Waals surface area contributed by atoms with Crippen LogP contribution in [0.15, 0.2) is 36.4 Å². The number of carbonyl (C=O) groups excluding carboxylic acids is 2. The molecule has 0 atom stereocenters. The highest BCUT2D eigenvalue weighted by Gasteiger charge is 2.30. The zero-order valence-corrected chi connectivity index (χ0v) is 21.8. The number of amides is 2. The molecule has 5 rings (SSSR count). The summed E-state index contributed by atoms with van der Waals surface area (Å²) in [7, 11) is 3.97. The molecule has 0 spiro atoms. The van der Waals surface area contributed by atoms with E-state index in [1.807, 2.05) is 25.9 Å². The van der Waals surface area contributed by atoms with Crippen molar-refractivity contribution in [3.8, 4) is 0 Å². The van der Waals surface area contributed by atoms with Crippen LogP contribution in [0.2, 0.25) is 0 Å². The maximum atomic E-state index is 15.0. The first kappa shape index (κ1) is 25.7. The number of rotatable bonds is 7. The molecule has 2 aromatic carbocycles. The van der Waals surface area contributed by atoms with Gasteiger partial charge in [0.25, 0.3) is 11.8 Å². The Balaban J connectivity index is 1.41. The highest BCUT2D eigenvalue weighted by molar-refractivity contribution is 6.35. The Morgan fingerprint density at radius 2 is 1.89 bits per heavy atom. The van der Waals surface area contributed by atoms with Gasteiger partial charge in [-0.3, -0.25) is 9.59 Å². The van der Waals surface area contributed by atoms with E-state index in [1.165, 1.54) is 18.2 Å². The number of anilines is 2. The van der Waals surface area contributed by atoms with Crippen molar-refractivity contribution in [3.05, 3.63) is 81.7 Å². The first-order chi connectivity index (χ1) is 18.2. The lowest BCUT2D eigenvalue weighted by Gasteiger charge is -2.23. The Morgan fingerprint density at radius 1 is 1.13 bits per heavy atom. The number of aromatic amines is 1. The minimum atomic E-state index is -0.501. The Kier molecular flexibility index (Phi) is 7.03. The molecule has 0 saturated carbocycles. The molecule has 0 radical (unpaired) electrons. The van der Waals surface area contributed by atoms with Gasteiger partial charge in [-0.05, 0) is 75.3 Å². The summed E-state index contributed by atoms with van der Waals surface area (Å²) in [6.07, 6.45) is 3.29. The van der Waals surface area contributed by atoms with Crippen LogP contribution < -0.4 is 10.6 Å². The maximum Gasteiger partial charge on any atom is 0.256 e. The Bertz CT molecular complexity index is 1430. The third-order valence-electron chi connectivity index (χ3n) is 7.11. The van der Waals surface area contributed by atoms with E-state index in [0.29, 0.717) is 47.7 Å². The molecule has 38 heavy (non-hydrogen) atoms. The summed E-state index contributed by atoms with van der Waals surface area (Å²) in [6, 6.07) is 8.86. The van der Waals surface area contributed by atoms with Gasteiger partial charge in [-0.2, -0.15) is 0 Å². The SMILES string of the molecule is Cc1c(C=C2C(=O)Nc3cc(NCc4ccc(F)cc4)c(F)cc32)[nH]c2c1C(=O)N(CCN(C)C)CCC2. The van der Waals surface area contributed by atoms with Crippen LogP contribution in [0.5, 0.6) is 0 Å². The number of hydrogen-bond acceptors (Lipinski definition) is 4. The molecule has 7 nitrogen and oxygen atoms in total. The molecule has 3 aromatic rings. The molecule has 0 saturated heterocycles. The molecular weight excluding hydrogens is 488 g/mol. The van der Waals surface area contributed by atoms with Gasteiger partial charge in [0.05, 0.1) is 22.5 Å². The van der Waals surface area contributed by atoms with Crippen molar-refractivity contribution < 1.29 is 18.4 Å². The zero-order chi connectivity index (χ0) is 27.0. The highest BCUT2D eigenvalue weighted by Crippen LogP contribution is 2.37. The van der Waals surface area contributed by atoms with Crippen LogP contribution in [0.3, 0.4) is 0 Å². The lowest BCUT2D eigenvalue weighted by Crippen LogP contribution is -2.36. The normalized spacial score (nSPS) is 16.1. The van der Waals surface area contributed by atoms with Crippen molar-refractivity contribution in [1.82, 2.24) is 14.8 Å². The van der Waals surface area contributed by atoms with Crippen LogP contribution in [0.1, 0.15) is 44.9 Å². The second-order valence-electron chi connectivity index (χ2n) is 10.1. The summed E-state index contributed by atoms with van der Waals surface area (Å²) < 4.78 is 28.2. The summed E-state index contributed by atoms with van der Waals surface area (Å²) in [4.78, 5) is 33.5. The average molecular weight is 520 g/mol. The second-order valence-corrected chi connectivity index (χ2v) is 10.1. The van der Waals surface area contributed by atoms with Crippen molar-refractivity contribution >= 4 is 34.8 Å². The number of aryl methyl sites for hydroxylation is 1. The smallest absolute Gasteiger partial charge is 0.256 e. The van der Waals surface area contributed by atoms with Crippen LogP contribution in [0.4, 0.5) is 20.2 Å². The Labute approximate surface area is 220 Å². The van der Waals surface area contributed by atoms with E-state index >= 15 is 4.39 Å². The van der Waals surface area contributed by atoms with Crippen molar-refractivity contribution in [3.63, 3.8) is 0 Å². The predicted molar refractivity (Wildman–Crippen MR) is 145 cm³/mol. The molecule has 1 aromatic heterocycles. The van der Waals surface area contributed by atoms with Gasteiger partial charge in [0.15, 0.2) is 0 Å². The molecule has 0 unspecified atom stereocenters. The quantitative estimate of drug-likeness (QED) is 0.397. The summed E-state index contributed by atoms with van der Waals surface area (Å²) in [5, 5.41) is 5.83. The molecule has 9 heteroatoms. The summed E-state index contributed by atoms with van der Waals surface area (Å²) in [5.74, 6) is -1.17. The van der Waals surface area contributed by atoms with Crippen LogP contribution in [-0.2, 0) is 17.8 Å².